The molecule has 1 saturated heterocycles. The third-order valence-corrected chi connectivity index (χ3v) is 7.16. The van der Waals surface area contributed by atoms with Gasteiger partial charge in [-0.05, 0) is 66.7 Å². The molecule has 2 heterocycles. The Kier molecular flexibility index (Phi) is 9.06. The van der Waals surface area contributed by atoms with Crippen LogP contribution in [0.4, 0.5) is 0 Å². The predicted molar refractivity (Wildman–Crippen MR) is 143 cm³/mol. The van der Waals surface area contributed by atoms with E-state index in [1.807, 2.05) is 6.07 Å². The number of fused-ring (bicyclic) bond motifs is 1. The van der Waals surface area contributed by atoms with Crippen molar-refractivity contribution in [3.8, 4) is 11.5 Å². The number of nitrogens with two attached hydrogens (primary N) is 1. The number of rotatable bonds is 11. The van der Waals surface area contributed by atoms with Gasteiger partial charge in [-0.15, -0.1) is 0 Å². The highest BCUT2D eigenvalue weighted by molar-refractivity contribution is 5.44. The molecule has 2 aromatic rings. The molecule has 2 aromatic carbocycles. The molecule has 0 spiro atoms. The summed E-state index contributed by atoms with van der Waals surface area (Å²) >= 11 is 0. The molecule has 0 radical (unpaired) electrons. The van der Waals surface area contributed by atoms with E-state index in [-0.39, 0.29) is 5.41 Å². The topological polar surface area (TPSA) is 54.2 Å². The number of hydrogen-bond acceptors (Lipinski definition) is 6. The summed E-state index contributed by atoms with van der Waals surface area (Å²) in [6, 6.07) is 15.5. The molecule has 0 saturated carbocycles. The van der Waals surface area contributed by atoms with Crippen molar-refractivity contribution < 1.29 is 9.47 Å². The molecule has 0 bridgehead atoms. The van der Waals surface area contributed by atoms with E-state index in [9.17, 15) is 0 Å². The van der Waals surface area contributed by atoms with Crippen LogP contribution in [0.15, 0.2) is 42.5 Å². The first-order valence-electron chi connectivity index (χ1n) is 13.3. The van der Waals surface area contributed by atoms with Crippen LogP contribution in [0.25, 0.3) is 0 Å². The zero-order valence-corrected chi connectivity index (χ0v) is 22.0. The summed E-state index contributed by atoms with van der Waals surface area (Å²) in [5.74, 6) is 1.72. The minimum atomic E-state index is 0.180. The van der Waals surface area contributed by atoms with Crippen molar-refractivity contribution in [2.45, 2.75) is 52.1 Å². The number of ether oxygens (including phenoxy) is 2. The van der Waals surface area contributed by atoms with E-state index in [2.05, 4.69) is 71.9 Å². The van der Waals surface area contributed by atoms with Crippen LogP contribution in [0, 0.1) is 0 Å². The van der Waals surface area contributed by atoms with Gasteiger partial charge in [-0.25, -0.2) is 0 Å². The molecule has 0 unspecified atom stereocenters. The van der Waals surface area contributed by atoms with Crippen molar-refractivity contribution in [2.75, 3.05) is 59.2 Å². The van der Waals surface area contributed by atoms with Gasteiger partial charge in [0, 0.05) is 45.8 Å². The highest BCUT2D eigenvalue weighted by Gasteiger charge is 2.18. The lowest BCUT2D eigenvalue weighted by Gasteiger charge is -2.35. The van der Waals surface area contributed by atoms with Crippen LogP contribution in [0.2, 0.25) is 0 Å². The number of piperazine rings is 1. The fraction of sp³-hybridized carbons (Fsp3) is 0.586. The van der Waals surface area contributed by atoms with E-state index < -0.39 is 0 Å². The summed E-state index contributed by atoms with van der Waals surface area (Å²) in [5.41, 5.74) is 9.88. The first-order valence-corrected chi connectivity index (χ1v) is 13.3. The lowest BCUT2D eigenvalue weighted by molar-refractivity contribution is 0.125. The van der Waals surface area contributed by atoms with Crippen LogP contribution < -0.4 is 15.2 Å². The van der Waals surface area contributed by atoms with Gasteiger partial charge in [0.2, 0.25) is 6.79 Å². The largest absolute Gasteiger partial charge is 0.454 e. The minimum absolute atomic E-state index is 0.180. The van der Waals surface area contributed by atoms with Gasteiger partial charge >= 0.3 is 0 Å². The summed E-state index contributed by atoms with van der Waals surface area (Å²) in [5, 5.41) is 0. The van der Waals surface area contributed by atoms with Gasteiger partial charge in [0.1, 0.15) is 0 Å². The molecule has 0 atom stereocenters. The maximum Gasteiger partial charge on any atom is 0.231 e. The highest BCUT2D eigenvalue weighted by atomic mass is 16.7. The molecule has 2 aliphatic rings. The molecule has 0 aliphatic carbocycles. The van der Waals surface area contributed by atoms with Gasteiger partial charge in [0.05, 0.1) is 0 Å². The van der Waals surface area contributed by atoms with Crippen molar-refractivity contribution in [3.63, 3.8) is 0 Å². The number of benzene rings is 2. The van der Waals surface area contributed by atoms with Crippen molar-refractivity contribution in [2.24, 2.45) is 5.73 Å². The smallest absolute Gasteiger partial charge is 0.231 e. The molecule has 4 rings (SSSR count). The molecule has 1 fully saturated rings. The van der Waals surface area contributed by atoms with E-state index in [1.165, 1.54) is 49.3 Å². The van der Waals surface area contributed by atoms with Crippen LogP contribution >= 0.6 is 0 Å². The average Bonchev–Trinajstić information content (AvgIpc) is 3.31. The quantitative estimate of drug-likeness (QED) is 0.523. The van der Waals surface area contributed by atoms with Gasteiger partial charge in [0.15, 0.2) is 11.5 Å². The predicted octanol–water partition coefficient (Wildman–Crippen LogP) is 4.07. The lowest BCUT2D eigenvalue weighted by Crippen LogP contribution is -2.47. The van der Waals surface area contributed by atoms with Crippen molar-refractivity contribution in [1.29, 1.82) is 0 Å². The Morgan fingerprint density at radius 2 is 1.40 bits per heavy atom. The second-order valence-electron chi connectivity index (χ2n) is 11.0. The lowest BCUT2D eigenvalue weighted by atomic mass is 9.87. The summed E-state index contributed by atoms with van der Waals surface area (Å²) in [6.07, 6.45) is 2.28. The summed E-state index contributed by atoms with van der Waals surface area (Å²) in [7, 11) is 0. The monoisotopic (exact) mass is 480 g/mol. The van der Waals surface area contributed by atoms with Gasteiger partial charge in [-0.3, -0.25) is 4.90 Å². The SMILES string of the molecule is CC(C)(C)c1ccc(CN(CCCN2CCN(CCCN)CC2)Cc2ccc3c(c2)OCO3)cc1. The maximum atomic E-state index is 5.68. The van der Waals surface area contributed by atoms with Crippen molar-refractivity contribution in [3.05, 3.63) is 59.2 Å². The standard InChI is InChI=1S/C29H44N4O2/c1-29(2,3)26-9-6-24(7-10-26)21-33(22-25-8-11-27-28(20-25)35-23-34-27)15-5-14-32-18-16-31(17-19-32)13-4-12-30/h6-11,20H,4-5,12-19,21-23,30H2,1-3H3. The molecule has 2 N–H and O–H groups in total. The van der Waals surface area contributed by atoms with E-state index in [0.29, 0.717) is 6.79 Å². The third-order valence-electron chi connectivity index (χ3n) is 7.16. The van der Waals surface area contributed by atoms with Crippen LogP contribution in [0.5, 0.6) is 11.5 Å². The number of hydrogen-bond donors (Lipinski definition) is 1. The summed E-state index contributed by atoms with van der Waals surface area (Å²) < 4.78 is 11.1. The van der Waals surface area contributed by atoms with Crippen LogP contribution in [-0.4, -0.2) is 73.9 Å². The van der Waals surface area contributed by atoms with Crippen molar-refractivity contribution >= 4 is 0 Å². The normalized spacial score (nSPS) is 16.8. The van der Waals surface area contributed by atoms with Gasteiger partial charge in [-0.2, -0.15) is 0 Å². The second-order valence-corrected chi connectivity index (χ2v) is 11.0. The van der Waals surface area contributed by atoms with Crippen LogP contribution in [-0.2, 0) is 18.5 Å². The molecule has 6 heteroatoms. The average molecular weight is 481 g/mol. The van der Waals surface area contributed by atoms with E-state index >= 15 is 0 Å². The Morgan fingerprint density at radius 1 is 0.800 bits per heavy atom. The molecular weight excluding hydrogens is 436 g/mol. The molecule has 0 aromatic heterocycles. The molecule has 35 heavy (non-hydrogen) atoms. The Labute approximate surface area is 212 Å². The van der Waals surface area contributed by atoms with E-state index in [4.69, 9.17) is 15.2 Å². The maximum absolute atomic E-state index is 5.68. The highest BCUT2D eigenvalue weighted by Crippen LogP contribution is 2.33. The first kappa shape index (κ1) is 26.0. The Morgan fingerprint density at radius 3 is 2.06 bits per heavy atom. The molecule has 192 valence electrons. The summed E-state index contributed by atoms with van der Waals surface area (Å²) in [4.78, 5) is 7.74. The van der Waals surface area contributed by atoms with Gasteiger partial charge in [0.25, 0.3) is 0 Å². The first-order chi connectivity index (χ1) is 16.9. The van der Waals surface area contributed by atoms with Gasteiger partial charge < -0.3 is 25.0 Å². The fourth-order valence-corrected chi connectivity index (χ4v) is 4.95. The fourth-order valence-electron chi connectivity index (χ4n) is 4.95. The molecule has 6 nitrogen and oxygen atoms in total. The van der Waals surface area contributed by atoms with Crippen molar-refractivity contribution in [1.82, 2.24) is 14.7 Å². The number of nitrogens with zero attached hydrogens (tertiary/aromatic N) is 3. The Balaban J connectivity index is 1.34. The van der Waals surface area contributed by atoms with Crippen LogP contribution in [0.1, 0.15) is 50.3 Å². The van der Waals surface area contributed by atoms with E-state index in [1.54, 1.807) is 0 Å². The summed E-state index contributed by atoms with van der Waals surface area (Å²) in [6.45, 7) is 17.8. The van der Waals surface area contributed by atoms with E-state index in [0.717, 1.165) is 57.2 Å². The van der Waals surface area contributed by atoms with Gasteiger partial charge in [-0.1, -0.05) is 51.1 Å². The molecule has 0 amide bonds. The third kappa shape index (κ3) is 7.68. The molecule has 2 aliphatic heterocycles. The minimum Gasteiger partial charge on any atom is -0.454 e. The molecular formula is C29H44N4O2. The Bertz CT molecular complexity index is 917. The zero-order valence-electron chi connectivity index (χ0n) is 22.0. The zero-order chi connectivity index (χ0) is 24.7. The Hall–Kier alpha value is -2.12. The van der Waals surface area contributed by atoms with Crippen LogP contribution in [0.3, 0.4) is 0 Å². The second kappa shape index (κ2) is 12.2.